The third-order valence-corrected chi connectivity index (χ3v) is 5.31. The molecule has 10 heteroatoms. The van der Waals surface area contributed by atoms with Gasteiger partial charge in [0.25, 0.3) is 0 Å². The first-order valence-electron chi connectivity index (χ1n) is 8.91. The van der Waals surface area contributed by atoms with Crippen molar-refractivity contribution in [3.05, 3.63) is 12.7 Å². The summed E-state index contributed by atoms with van der Waals surface area (Å²) in [5.41, 5.74) is -2.07. The number of hydrogen-bond donors (Lipinski definition) is 1. The molecule has 2 saturated heterocycles. The molecule has 28 heavy (non-hydrogen) atoms. The van der Waals surface area contributed by atoms with Crippen LogP contribution in [0.5, 0.6) is 0 Å². The summed E-state index contributed by atoms with van der Waals surface area (Å²) in [4.78, 5) is 51.6. The Morgan fingerprint density at radius 2 is 2.07 bits per heavy atom. The molecule has 0 unspecified atom stereocenters. The summed E-state index contributed by atoms with van der Waals surface area (Å²) in [6, 6.07) is -1.32. The Bertz CT molecular complexity index is 704. The monoisotopic (exact) mass is 574 g/mol. The van der Waals surface area contributed by atoms with Crippen LogP contribution in [0.1, 0.15) is 40.0 Å². The first-order valence-corrected chi connectivity index (χ1v) is 9.93. The Morgan fingerprint density at radius 1 is 1.39 bits per heavy atom. The van der Waals surface area contributed by atoms with Gasteiger partial charge in [0.2, 0.25) is 0 Å². The number of hydrogen-bond acceptors (Lipinski definition) is 7. The number of ether oxygens (including phenoxy) is 2. The van der Waals surface area contributed by atoms with Crippen molar-refractivity contribution in [1.29, 1.82) is 0 Å². The average molecular weight is 574 g/mol. The molecular weight excluding hydrogens is 549 g/mol. The molecule has 0 aliphatic carbocycles. The van der Waals surface area contributed by atoms with Gasteiger partial charge in [-0.05, 0) is 0 Å². The predicted octanol–water partition coefficient (Wildman–Crippen LogP) is 0.406. The van der Waals surface area contributed by atoms with Crippen LogP contribution in [0.25, 0.3) is 0 Å². The molecule has 2 aliphatic heterocycles. The van der Waals surface area contributed by atoms with E-state index in [9.17, 15) is 19.2 Å². The second-order valence-corrected chi connectivity index (χ2v) is 8.47. The van der Waals surface area contributed by atoms with Crippen LogP contribution < -0.4 is 5.32 Å². The number of fused-ring (bicyclic) bond motifs is 1. The van der Waals surface area contributed by atoms with Crippen LogP contribution in [0.4, 0.5) is 0 Å². The molecule has 0 aromatic carbocycles. The summed E-state index contributed by atoms with van der Waals surface area (Å²) in [6.07, 6.45) is 1.08. The van der Waals surface area contributed by atoms with E-state index < -0.39 is 40.9 Å². The van der Waals surface area contributed by atoms with Crippen LogP contribution in [0.2, 0.25) is 0 Å². The predicted molar refractivity (Wildman–Crippen MR) is 93.4 cm³/mol. The van der Waals surface area contributed by atoms with Crippen molar-refractivity contribution in [1.82, 2.24) is 10.2 Å². The Morgan fingerprint density at radius 3 is 2.64 bits per heavy atom. The summed E-state index contributed by atoms with van der Waals surface area (Å²) in [5.74, 6) is -2.10. The maximum atomic E-state index is 13.0. The van der Waals surface area contributed by atoms with E-state index >= 15 is 0 Å². The van der Waals surface area contributed by atoms with Crippen LogP contribution in [0.15, 0.2) is 16.2 Å². The zero-order chi connectivity index (χ0) is 21.1. The van der Waals surface area contributed by atoms with Crippen molar-refractivity contribution in [3.8, 4) is 0 Å². The quantitative estimate of drug-likeness (QED) is 0.348. The molecule has 2 aliphatic rings. The van der Waals surface area contributed by atoms with Gasteiger partial charge in [0.1, 0.15) is 0 Å². The molecule has 0 aromatic heterocycles. The van der Waals surface area contributed by atoms with Crippen LogP contribution in [-0.4, -0.2) is 65.0 Å². The van der Waals surface area contributed by atoms with E-state index in [2.05, 4.69) is 15.4 Å². The molecule has 0 saturated carbocycles. The van der Waals surface area contributed by atoms with Crippen molar-refractivity contribution >= 4 is 23.8 Å². The number of carbonyl (C=O) groups excluding carboxylic acids is 4. The third-order valence-electron chi connectivity index (χ3n) is 4.48. The number of nitrogens with zero attached hydrogens (tertiary/aromatic N) is 2. The number of carbonyl (C=O) groups is 4. The summed E-state index contributed by atoms with van der Waals surface area (Å²) in [6.45, 7) is 8.87. The Balaban J connectivity index is 2.23. The molecule has 1 N–H and O–H groups in total. The molecule has 0 radical (unpaired) electrons. The summed E-state index contributed by atoms with van der Waals surface area (Å²) >= 11 is 1.82. The fourth-order valence-electron chi connectivity index (χ4n) is 3.44. The molecule has 158 valence electrons. The van der Waals surface area contributed by atoms with Gasteiger partial charge in [-0.25, -0.2) is 0 Å². The summed E-state index contributed by atoms with van der Waals surface area (Å²) in [7, 11) is 0. The number of amides is 2. The average Bonchev–Trinajstić information content (AvgIpc) is 2.96. The molecule has 9 nitrogen and oxygen atoms in total. The molecule has 2 rings (SSSR count). The van der Waals surface area contributed by atoms with Gasteiger partial charge in [0.15, 0.2) is 0 Å². The van der Waals surface area contributed by atoms with E-state index in [-0.39, 0.29) is 38.5 Å². The van der Waals surface area contributed by atoms with Gasteiger partial charge in [-0.15, -0.1) is 0 Å². The van der Waals surface area contributed by atoms with Gasteiger partial charge in [0.05, 0.1) is 0 Å². The molecule has 0 bridgehead atoms. The Kier molecular flexibility index (Phi) is 6.91. The molecule has 2 heterocycles. The van der Waals surface area contributed by atoms with Gasteiger partial charge in [0, 0.05) is 0 Å². The van der Waals surface area contributed by atoms with E-state index in [1.807, 2.05) is 19.6 Å². The van der Waals surface area contributed by atoms with Crippen molar-refractivity contribution in [2.45, 2.75) is 63.3 Å². The SMILES string of the molecule is C=CCOC(=O)C[C@@H]1NC(=O)[C@]2(CC(=O)OC(C)(C)C)C[C@H]([N]=[Pt])CN2C1=O. The van der Waals surface area contributed by atoms with Crippen LogP contribution in [-0.2, 0) is 48.3 Å². The number of nitrogens with one attached hydrogen (secondary N) is 1. The number of esters is 2. The van der Waals surface area contributed by atoms with E-state index in [0.29, 0.717) is 0 Å². The van der Waals surface area contributed by atoms with Gasteiger partial charge < -0.3 is 0 Å². The minimum absolute atomic E-state index is 0.0237. The summed E-state index contributed by atoms with van der Waals surface area (Å²) < 4.78 is 14.4. The van der Waals surface area contributed by atoms with Gasteiger partial charge in [-0.1, -0.05) is 0 Å². The fraction of sp³-hybridized carbons (Fsp3) is 0.667. The standard InChI is InChI=1S/C18H25N3O6.Pt/c1-5-6-26-13(22)7-12-15(24)21-10-11(19)8-18(21,16(25)20-12)9-14(23)27-17(2,3)4;/h5,11-12H,1,6-10H2,2-4H3,(H,20,25);/t11-,12-,18+;/m0./s1. The zero-order valence-electron chi connectivity index (χ0n) is 16.1. The second-order valence-electron chi connectivity index (χ2n) is 7.89. The van der Waals surface area contributed by atoms with E-state index in [1.165, 1.54) is 11.0 Å². The first-order chi connectivity index (χ1) is 13.0. The number of rotatable bonds is 7. The topological polar surface area (TPSA) is 114 Å². The Hall–Kier alpha value is -1.89. The third kappa shape index (κ3) is 4.93. The molecule has 3 atom stereocenters. The normalized spacial score (nSPS) is 27.0. The van der Waals surface area contributed by atoms with Crippen LogP contribution in [0.3, 0.4) is 0 Å². The molecule has 0 aromatic rings. The van der Waals surface area contributed by atoms with Crippen molar-refractivity contribution < 1.29 is 48.3 Å². The van der Waals surface area contributed by atoms with Gasteiger partial charge >= 0.3 is 175 Å². The Labute approximate surface area is 174 Å². The van der Waals surface area contributed by atoms with E-state index in [4.69, 9.17) is 9.47 Å². The molecule has 2 amide bonds. The van der Waals surface area contributed by atoms with Crippen molar-refractivity contribution in [2.75, 3.05) is 13.2 Å². The van der Waals surface area contributed by atoms with Crippen LogP contribution >= 0.6 is 0 Å². The summed E-state index contributed by atoms with van der Waals surface area (Å²) in [5, 5.41) is 2.59. The van der Waals surface area contributed by atoms with E-state index in [1.54, 1.807) is 20.8 Å². The molecular formula is C18H25N3O6Pt. The second kappa shape index (κ2) is 8.64. The minimum atomic E-state index is -1.36. The first kappa shape index (κ1) is 22.4. The molecule has 0 spiro atoms. The van der Waals surface area contributed by atoms with Crippen molar-refractivity contribution in [3.63, 3.8) is 0 Å². The van der Waals surface area contributed by atoms with Crippen LogP contribution in [0, 0.1) is 0 Å². The van der Waals surface area contributed by atoms with Gasteiger partial charge in [-0.2, -0.15) is 0 Å². The molecule has 2 fully saturated rings. The zero-order valence-corrected chi connectivity index (χ0v) is 18.4. The number of piperazine rings is 1. The fourth-order valence-corrected chi connectivity index (χ4v) is 3.84. The van der Waals surface area contributed by atoms with E-state index in [0.717, 1.165) is 0 Å². The maximum absolute atomic E-state index is 13.0. The van der Waals surface area contributed by atoms with Crippen molar-refractivity contribution in [2.24, 2.45) is 3.50 Å². The van der Waals surface area contributed by atoms with Gasteiger partial charge in [-0.3, -0.25) is 0 Å².